The van der Waals surface area contributed by atoms with E-state index < -0.39 is 0 Å². The molecule has 0 radical (unpaired) electrons. The van der Waals surface area contributed by atoms with Crippen LogP contribution < -0.4 is 25.3 Å². The molecule has 0 atom stereocenters. The molecule has 4 N–H and O–H groups in total. The van der Waals surface area contributed by atoms with Crippen LogP contribution in [-0.2, 0) is 11.3 Å². The number of thioether (sulfide) groups is 1. The summed E-state index contributed by atoms with van der Waals surface area (Å²) in [6.45, 7) is 0.291. The number of aromatic nitrogens is 3. The zero-order chi connectivity index (χ0) is 17.5. The number of ether oxygens (including phenoxy) is 3. The second kappa shape index (κ2) is 8.29. The number of nitrogens with zero attached hydrogens (tertiary/aromatic N) is 2. The highest BCUT2D eigenvalue weighted by Gasteiger charge is 2.13. The number of nitrogen functional groups attached to an aromatic ring is 1. The average Bonchev–Trinajstić information content (AvgIpc) is 3.02. The Balaban J connectivity index is 1.96. The Kier molecular flexibility index (Phi) is 6.13. The van der Waals surface area contributed by atoms with Gasteiger partial charge in [-0.1, -0.05) is 11.8 Å². The fraction of sp³-hybridized carbons (Fsp3) is 0.357. The van der Waals surface area contributed by atoms with Gasteiger partial charge in [0.1, 0.15) is 5.75 Å². The molecule has 130 valence electrons. The third-order valence-electron chi connectivity index (χ3n) is 3.08. The first-order valence-electron chi connectivity index (χ1n) is 6.93. The number of anilines is 1. The summed E-state index contributed by atoms with van der Waals surface area (Å²) in [5.74, 6) is 1.94. The second-order valence-corrected chi connectivity index (χ2v) is 5.53. The van der Waals surface area contributed by atoms with Gasteiger partial charge in [0, 0.05) is 18.2 Å². The molecule has 0 saturated heterocycles. The van der Waals surface area contributed by atoms with Crippen molar-refractivity contribution in [1.82, 2.24) is 20.5 Å². The van der Waals surface area contributed by atoms with E-state index in [1.807, 2.05) is 0 Å². The number of H-pyrrole nitrogens is 1. The van der Waals surface area contributed by atoms with Gasteiger partial charge < -0.3 is 25.3 Å². The summed E-state index contributed by atoms with van der Waals surface area (Å²) < 4.78 is 15.8. The van der Waals surface area contributed by atoms with E-state index in [0.29, 0.717) is 28.9 Å². The maximum Gasteiger partial charge on any atom is 0.230 e. The SMILES string of the molecule is COc1cc(OC)c(OC)cc1CNC(=O)CSc1n[nH]c(N)n1. The van der Waals surface area contributed by atoms with Crippen molar-refractivity contribution in [3.05, 3.63) is 17.7 Å². The summed E-state index contributed by atoms with van der Waals surface area (Å²) in [7, 11) is 4.65. The Morgan fingerprint density at radius 1 is 1.21 bits per heavy atom. The number of carbonyl (C=O) groups is 1. The molecule has 9 nitrogen and oxygen atoms in total. The van der Waals surface area contributed by atoms with Gasteiger partial charge in [0.05, 0.1) is 27.1 Å². The quantitative estimate of drug-likeness (QED) is 0.596. The number of aromatic amines is 1. The van der Waals surface area contributed by atoms with Crippen LogP contribution in [0.2, 0.25) is 0 Å². The summed E-state index contributed by atoms with van der Waals surface area (Å²) in [5.41, 5.74) is 6.20. The molecule has 0 fully saturated rings. The van der Waals surface area contributed by atoms with Crippen LogP contribution in [-0.4, -0.2) is 48.2 Å². The number of carbonyl (C=O) groups excluding carboxylic acids is 1. The lowest BCUT2D eigenvalue weighted by Gasteiger charge is -2.14. The zero-order valence-corrected chi connectivity index (χ0v) is 14.4. The molecular formula is C14H19N5O4S. The second-order valence-electron chi connectivity index (χ2n) is 4.59. The van der Waals surface area contributed by atoms with Crippen molar-refractivity contribution >= 4 is 23.6 Å². The van der Waals surface area contributed by atoms with E-state index in [0.717, 1.165) is 5.56 Å². The predicted molar refractivity (Wildman–Crippen MR) is 89.5 cm³/mol. The summed E-state index contributed by atoms with van der Waals surface area (Å²) in [5, 5.41) is 9.59. The van der Waals surface area contributed by atoms with E-state index in [1.165, 1.54) is 11.8 Å². The third kappa shape index (κ3) is 4.44. The maximum absolute atomic E-state index is 11.9. The fourth-order valence-corrected chi connectivity index (χ4v) is 2.56. The molecule has 24 heavy (non-hydrogen) atoms. The van der Waals surface area contributed by atoms with Crippen molar-refractivity contribution in [2.24, 2.45) is 0 Å². The smallest absolute Gasteiger partial charge is 0.230 e. The summed E-state index contributed by atoms with van der Waals surface area (Å²) >= 11 is 1.19. The monoisotopic (exact) mass is 353 g/mol. The number of nitrogens with one attached hydrogen (secondary N) is 2. The maximum atomic E-state index is 11.9. The highest BCUT2D eigenvalue weighted by molar-refractivity contribution is 7.99. The number of benzene rings is 1. The van der Waals surface area contributed by atoms with Gasteiger partial charge in [-0.2, -0.15) is 4.98 Å². The molecule has 0 aliphatic heterocycles. The molecule has 0 bridgehead atoms. The molecule has 0 spiro atoms. The molecule has 10 heteroatoms. The van der Waals surface area contributed by atoms with Gasteiger partial charge in [-0.3, -0.25) is 4.79 Å². The molecule has 2 rings (SSSR count). The van der Waals surface area contributed by atoms with Crippen LogP contribution in [0.15, 0.2) is 17.3 Å². The van der Waals surface area contributed by atoms with Crippen LogP contribution in [0.5, 0.6) is 17.2 Å². The van der Waals surface area contributed by atoms with Gasteiger partial charge >= 0.3 is 0 Å². The van der Waals surface area contributed by atoms with Gasteiger partial charge in [-0.25, -0.2) is 5.10 Å². The normalized spacial score (nSPS) is 10.3. The van der Waals surface area contributed by atoms with Crippen molar-refractivity contribution in [2.45, 2.75) is 11.7 Å². The van der Waals surface area contributed by atoms with Crippen LogP contribution in [0.25, 0.3) is 0 Å². The number of nitrogens with two attached hydrogens (primary N) is 1. The Morgan fingerprint density at radius 3 is 2.46 bits per heavy atom. The van der Waals surface area contributed by atoms with Crippen LogP contribution in [0.1, 0.15) is 5.56 Å². The van der Waals surface area contributed by atoms with Crippen molar-refractivity contribution < 1.29 is 19.0 Å². The van der Waals surface area contributed by atoms with Crippen molar-refractivity contribution in [2.75, 3.05) is 32.8 Å². The minimum absolute atomic E-state index is 0.166. The zero-order valence-electron chi connectivity index (χ0n) is 13.6. The van der Waals surface area contributed by atoms with E-state index in [1.54, 1.807) is 33.5 Å². The van der Waals surface area contributed by atoms with Crippen molar-refractivity contribution in [1.29, 1.82) is 0 Å². The topological polar surface area (TPSA) is 124 Å². The summed E-state index contributed by atoms with van der Waals surface area (Å²) in [4.78, 5) is 15.9. The number of hydrogen-bond acceptors (Lipinski definition) is 8. The highest BCUT2D eigenvalue weighted by atomic mass is 32.2. The lowest BCUT2D eigenvalue weighted by molar-refractivity contribution is -0.118. The number of amides is 1. The van der Waals surface area contributed by atoms with Crippen molar-refractivity contribution in [3.63, 3.8) is 0 Å². The molecule has 1 amide bonds. The number of rotatable bonds is 8. The Hall–Kier alpha value is -2.62. The summed E-state index contributed by atoms with van der Waals surface area (Å²) in [6, 6.07) is 3.48. The van der Waals surface area contributed by atoms with Crippen LogP contribution in [0, 0.1) is 0 Å². The van der Waals surface area contributed by atoms with E-state index in [-0.39, 0.29) is 17.6 Å². The minimum Gasteiger partial charge on any atom is -0.496 e. The molecular weight excluding hydrogens is 334 g/mol. The Morgan fingerprint density at radius 2 is 1.88 bits per heavy atom. The number of methoxy groups -OCH3 is 3. The number of hydrogen-bond donors (Lipinski definition) is 3. The van der Waals surface area contributed by atoms with E-state index >= 15 is 0 Å². The lowest BCUT2D eigenvalue weighted by Crippen LogP contribution is -2.24. The van der Waals surface area contributed by atoms with E-state index in [2.05, 4.69) is 20.5 Å². The first-order valence-corrected chi connectivity index (χ1v) is 7.92. The molecule has 0 aliphatic rings. The van der Waals surface area contributed by atoms with Gasteiger partial charge in [0.2, 0.25) is 17.0 Å². The minimum atomic E-state index is -0.166. The molecule has 0 saturated carbocycles. The standard InChI is InChI=1S/C14H19N5O4S/c1-21-9-5-11(23-3)10(22-2)4-8(9)6-16-12(20)7-24-14-17-13(15)18-19-14/h4-5H,6-7H2,1-3H3,(H,16,20)(H3,15,17,18,19). The molecule has 1 aromatic heterocycles. The van der Waals surface area contributed by atoms with Crippen LogP contribution in [0.3, 0.4) is 0 Å². The van der Waals surface area contributed by atoms with Gasteiger partial charge in [-0.05, 0) is 6.07 Å². The van der Waals surface area contributed by atoms with Crippen molar-refractivity contribution in [3.8, 4) is 17.2 Å². The van der Waals surface area contributed by atoms with Gasteiger partial charge in [-0.15, -0.1) is 5.10 Å². The molecule has 1 aromatic carbocycles. The largest absolute Gasteiger partial charge is 0.496 e. The lowest BCUT2D eigenvalue weighted by atomic mass is 10.1. The van der Waals surface area contributed by atoms with Crippen LogP contribution in [0.4, 0.5) is 5.95 Å². The summed E-state index contributed by atoms with van der Waals surface area (Å²) in [6.07, 6.45) is 0. The molecule has 0 aliphatic carbocycles. The Labute approximate surface area is 143 Å². The van der Waals surface area contributed by atoms with Gasteiger partial charge in [0.15, 0.2) is 11.5 Å². The molecule has 0 unspecified atom stereocenters. The predicted octanol–water partition coefficient (Wildman–Crippen LogP) is 0.821. The third-order valence-corrected chi connectivity index (χ3v) is 3.92. The average molecular weight is 353 g/mol. The first-order chi connectivity index (χ1) is 11.6. The highest BCUT2D eigenvalue weighted by Crippen LogP contribution is 2.34. The fourth-order valence-electron chi connectivity index (χ4n) is 1.93. The molecule has 2 aromatic rings. The first kappa shape index (κ1) is 17.7. The van der Waals surface area contributed by atoms with E-state index in [4.69, 9.17) is 19.9 Å². The van der Waals surface area contributed by atoms with Crippen LogP contribution >= 0.6 is 11.8 Å². The Bertz CT molecular complexity index is 706. The van der Waals surface area contributed by atoms with Gasteiger partial charge in [0.25, 0.3) is 0 Å². The van der Waals surface area contributed by atoms with E-state index in [9.17, 15) is 4.79 Å². The molecule has 1 heterocycles.